The normalized spacial score (nSPS) is 30.3. The second kappa shape index (κ2) is 7.91. The largest absolute Gasteiger partial charge is 0.123 e. The standard InChI is InChI=1S/C18H35Cl/c1-6-8-9-14(7-2)12-15-13-16(18(3,4)5)10-11-17(15)19/h14-17H,6-13H2,1-5H3. The molecule has 19 heavy (non-hydrogen) atoms. The van der Waals surface area contributed by atoms with E-state index in [0.717, 1.165) is 17.8 Å². The smallest absolute Gasteiger partial charge is 0.0364 e. The van der Waals surface area contributed by atoms with Gasteiger partial charge >= 0.3 is 0 Å². The van der Waals surface area contributed by atoms with Crippen LogP contribution in [0.15, 0.2) is 0 Å². The Morgan fingerprint density at radius 3 is 2.37 bits per heavy atom. The summed E-state index contributed by atoms with van der Waals surface area (Å²) >= 11 is 6.63. The number of hydrogen-bond donors (Lipinski definition) is 0. The average Bonchev–Trinajstić information content (AvgIpc) is 2.35. The maximum absolute atomic E-state index is 6.63. The van der Waals surface area contributed by atoms with Crippen LogP contribution in [-0.2, 0) is 0 Å². The van der Waals surface area contributed by atoms with Gasteiger partial charge < -0.3 is 0 Å². The topological polar surface area (TPSA) is 0 Å². The monoisotopic (exact) mass is 286 g/mol. The number of alkyl halides is 1. The minimum Gasteiger partial charge on any atom is -0.123 e. The van der Waals surface area contributed by atoms with Crippen LogP contribution in [0, 0.1) is 23.2 Å². The summed E-state index contributed by atoms with van der Waals surface area (Å²) in [6, 6.07) is 0. The molecule has 0 bridgehead atoms. The van der Waals surface area contributed by atoms with Gasteiger partial charge in [-0.25, -0.2) is 0 Å². The van der Waals surface area contributed by atoms with Crippen LogP contribution in [0.3, 0.4) is 0 Å². The molecule has 1 aliphatic carbocycles. The van der Waals surface area contributed by atoms with E-state index < -0.39 is 0 Å². The quantitative estimate of drug-likeness (QED) is 0.479. The summed E-state index contributed by atoms with van der Waals surface area (Å²) in [7, 11) is 0. The molecule has 1 fully saturated rings. The molecule has 0 heterocycles. The molecule has 1 heteroatoms. The molecule has 0 aromatic carbocycles. The third-order valence-electron chi connectivity index (χ3n) is 5.29. The fourth-order valence-corrected chi connectivity index (χ4v) is 4.00. The van der Waals surface area contributed by atoms with Crippen LogP contribution in [0.1, 0.15) is 86.0 Å². The van der Waals surface area contributed by atoms with Crippen molar-refractivity contribution < 1.29 is 0 Å². The van der Waals surface area contributed by atoms with Crippen LogP contribution >= 0.6 is 11.6 Å². The zero-order valence-corrected chi connectivity index (χ0v) is 14.6. The molecule has 0 radical (unpaired) electrons. The maximum atomic E-state index is 6.63. The molecule has 1 rings (SSSR count). The molecule has 1 saturated carbocycles. The Labute approximate surface area is 126 Å². The molecule has 0 amide bonds. The van der Waals surface area contributed by atoms with Gasteiger partial charge in [0.25, 0.3) is 0 Å². The summed E-state index contributed by atoms with van der Waals surface area (Å²) in [5, 5.41) is 0.439. The van der Waals surface area contributed by atoms with Gasteiger partial charge in [-0.15, -0.1) is 11.6 Å². The van der Waals surface area contributed by atoms with Gasteiger partial charge in [-0.05, 0) is 48.9 Å². The summed E-state index contributed by atoms with van der Waals surface area (Å²) in [5.74, 6) is 2.54. The molecule has 0 saturated heterocycles. The molecule has 4 atom stereocenters. The molecule has 0 spiro atoms. The Hall–Kier alpha value is 0.290. The van der Waals surface area contributed by atoms with Crippen molar-refractivity contribution >= 4 is 11.6 Å². The summed E-state index contributed by atoms with van der Waals surface area (Å²) in [5.41, 5.74) is 0.459. The molecular formula is C18H35Cl. The number of hydrogen-bond acceptors (Lipinski definition) is 0. The fraction of sp³-hybridized carbons (Fsp3) is 1.00. The van der Waals surface area contributed by atoms with E-state index in [4.69, 9.17) is 11.6 Å². The van der Waals surface area contributed by atoms with Gasteiger partial charge in [-0.1, -0.05) is 60.3 Å². The fourth-order valence-electron chi connectivity index (χ4n) is 3.67. The van der Waals surface area contributed by atoms with Crippen molar-refractivity contribution in [2.75, 3.05) is 0 Å². The third-order valence-corrected chi connectivity index (χ3v) is 5.87. The van der Waals surface area contributed by atoms with Gasteiger partial charge in [0, 0.05) is 5.38 Å². The lowest BCUT2D eigenvalue weighted by molar-refractivity contribution is 0.129. The SMILES string of the molecule is CCCCC(CC)CC1CC(C(C)(C)C)CCC1Cl. The predicted octanol–water partition coefficient (Wildman–Crippen LogP) is 6.66. The van der Waals surface area contributed by atoms with Crippen LogP contribution in [0.4, 0.5) is 0 Å². The Morgan fingerprint density at radius 2 is 1.84 bits per heavy atom. The minimum absolute atomic E-state index is 0.439. The van der Waals surface area contributed by atoms with Gasteiger partial charge in [-0.3, -0.25) is 0 Å². The number of unbranched alkanes of at least 4 members (excludes halogenated alkanes) is 1. The Balaban J connectivity index is 2.53. The molecule has 0 aromatic heterocycles. The van der Waals surface area contributed by atoms with Gasteiger partial charge in [0.15, 0.2) is 0 Å². The Kier molecular flexibility index (Phi) is 7.22. The van der Waals surface area contributed by atoms with Crippen molar-refractivity contribution in [1.82, 2.24) is 0 Å². The highest BCUT2D eigenvalue weighted by atomic mass is 35.5. The van der Waals surface area contributed by atoms with Gasteiger partial charge in [-0.2, -0.15) is 0 Å². The van der Waals surface area contributed by atoms with E-state index in [-0.39, 0.29) is 0 Å². The van der Waals surface area contributed by atoms with Crippen LogP contribution in [0.25, 0.3) is 0 Å². The Morgan fingerprint density at radius 1 is 1.16 bits per heavy atom. The molecule has 1 aliphatic rings. The average molecular weight is 287 g/mol. The first-order valence-electron chi connectivity index (χ1n) is 8.52. The van der Waals surface area contributed by atoms with Crippen molar-refractivity contribution in [3.63, 3.8) is 0 Å². The van der Waals surface area contributed by atoms with E-state index in [2.05, 4.69) is 34.6 Å². The lowest BCUT2D eigenvalue weighted by Crippen LogP contribution is -2.33. The van der Waals surface area contributed by atoms with E-state index >= 15 is 0 Å². The molecule has 0 aliphatic heterocycles. The summed E-state index contributed by atoms with van der Waals surface area (Å²) in [6.07, 6.45) is 10.8. The van der Waals surface area contributed by atoms with E-state index in [1.54, 1.807) is 0 Å². The summed E-state index contributed by atoms with van der Waals surface area (Å²) in [4.78, 5) is 0. The lowest BCUT2D eigenvalue weighted by Gasteiger charge is -2.41. The first-order valence-corrected chi connectivity index (χ1v) is 8.96. The molecule has 0 nitrogen and oxygen atoms in total. The first kappa shape index (κ1) is 17.3. The van der Waals surface area contributed by atoms with Crippen molar-refractivity contribution in [1.29, 1.82) is 0 Å². The molecule has 0 N–H and O–H groups in total. The van der Waals surface area contributed by atoms with Crippen LogP contribution in [0.2, 0.25) is 0 Å². The second-order valence-corrected chi connectivity index (χ2v) is 8.36. The molecular weight excluding hydrogens is 252 g/mol. The first-order chi connectivity index (χ1) is 8.88. The van der Waals surface area contributed by atoms with E-state index in [1.807, 2.05) is 0 Å². The van der Waals surface area contributed by atoms with Crippen molar-refractivity contribution in [3.05, 3.63) is 0 Å². The molecule has 114 valence electrons. The number of rotatable bonds is 6. The highest BCUT2D eigenvalue weighted by molar-refractivity contribution is 6.20. The van der Waals surface area contributed by atoms with Crippen molar-refractivity contribution in [2.45, 2.75) is 91.4 Å². The Bertz CT molecular complexity index is 241. The second-order valence-electron chi connectivity index (χ2n) is 7.80. The van der Waals surface area contributed by atoms with E-state index in [0.29, 0.717) is 10.8 Å². The highest BCUT2D eigenvalue weighted by Crippen LogP contribution is 2.44. The zero-order valence-electron chi connectivity index (χ0n) is 13.8. The van der Waals surface area contributed by atoms with E-state index in [9.17, 15) is 0 Å². The minimum atomic E-state index is 0.439. The number of halogens is 1. The zero-order chi connectivity index (χ0) is 14.5. The molecule has 0 aromatic rings. The van der Waals surface area contributed by atoms with Crippen molar-refractivity contribution in [3.8, 4) is 0 Å². The van der Waals surface area contributed by atoms with Crippen LogP contribution < -0.4 is 0 Å². The van der Waals surface area contributed by atoms with Gasteiger partial charge in [0.1, 0.15) is 0 Å². The maximum Gasteiger partial charge on any atom is 0.0364 e. The molecule has 4 unspecified atom stereocenters. The van der Waals surface area contributed by atoms with Gasteiger partial charge in [0.2, 0.25) is 0 Å². The van der Waals surface area contributed by atoms with Crippen LogP contribution in [0.5, 0.6) is 0 Å². The summed E-state index contributed by atoms with van der Waals surface area (Å²) < 4.78 is 0. The van der Waals surface area contributed by atoms with Crippen molar-refractivity contribution in [2.24, 2.45) is 23.2 Å². The highest BCUT2D eigenvalue weighted by Gasteiger charge is 2.35. The van der Waals surface area contributed by atoms with Crippen LogP contribution in [-0.4, -0.2) is 5.38 Å². The predicted molar refractivity (Wildman–Crippen MR) is 87.9 cm³/mol. The third kappa shape index (κ3) is 5.66. The summed E-state index contributed by atoms with van der Waals surface area (Å²) in [6.45, 7) is 11.9. The van der Waals surface area contributed by atoms with Gasteiger partial charge in [0.05, 0.1) is 0 Å². The lowest BCUT2D eigenvalue weighted by atomic mass is 9.67. The van der Waals surface area contributed by atoms with E-state index in [1.165, 1.54) is 51.4 Å².